The third-order valence-corrected chi connectivity index (χ3v) is 3.72. The van der Waals surface area contributed by atoms with E-state index in [2.05, 4.69) is 17.1 Å². The van der Waals surface area contributed by atoms with Crippen LogP contribution in [0.2, 0.25) is 15.1 Å². The summed E-state index contributed by atoms with van der Waals surface area (Å²) in [6.07, 6.45) is 0. The molecule has 0 aliphatic carbocycles. The second kappa shape index (κ2) is 5.01. The maximum Gasteiger partial charge on any atom is 0.0655 e. The summed E-state index contributed by atoms with van der Waals surface area (Å²) in [5.74, 6) is 0. The Hall–Kier alpha value is -0.150. The summed E-state index contributed by atoms with van der Waals surface area (Å²) in [4.78, 5) is 2.23. The monoisotopic (exact) mass is 278 g/mol. The summed E-state index contributed by atoms with van der Waals surface area (Å²) in [5, 5.41) is 5.09. The molecule has 2 nitrogen and oxygen atoms in total. The molecule has 1 aromatic rings. The van der Waals surface area contributed by atoms with E-state index in [-0.39, 0.29) is 0 Å². The summed E-state index contributed by atoms with van der Waals surface area (Å²) < 4.78 is 0. The van der Waals surface area contributed by atoms with E-state index in [4.69, 9.17) is 34.8 Å². The van der Waals surface area contributed by atoms with Crippen molar-refractivity contribution in [3.63, 3.8) is 0 Å². The largest absolute Gasteiger partial charge is 0.367 e. The Balaban J connectivity index is 2.29. The second-order valence-electron chi connectivity index (χ2n) is 4.02. The summed E-state index contributed by atoms with van der Waals surface area (Å²) >= 11 is 18.1. The molecular formula is C11H13Cl3N2. The molecule has 0 bridgehead atoms. The summed E-state index contributed by atoms with van der Waals surface area (Å²) in [6.45, 7) is 4.97. The number of nitrogens with one attached hydrogen (secondary N) is 1. The molecule has 1 aromatic carbocycles. The fourth-order valence-corrected chi connectivity index (χ4v) is 2.57. The maximum atomic E-state index is 6.18. The Labute approximate surface area is 110 Å². The lowest BCUT2D eigenvalue weighted by Gasteiger charge is -2.34. The van der Waals surface area contributed by atoms with Crippen LogP contribution in [-0.2, 0) is 0 Å². The summed E-state index contributed by atoms with van der Waals surface area (Å²) in [7, 11) is 0. The standard InChI is InChI=1S/C11H13Cl3N2/c1-7-6-16(3-2-15-7)11-5-9(13)8(12)4-10(11)14/h4-5,7,15H,2-3,6H2,1H3. The molecule has 0 aromatic heterocycles. The van der Waals surface area contributed by atoms with Gasteiger partial charge in [-0.15, -0.1) is 0 Å². The lowest BCUT2D eigenvalue weighted by molar-refractivity contribution is 0.485. The minimum Gasteiger partial charge on any atom is -0.367 e. The first-order valence-corrected chi connectivity index (χ1v) is 6.34. The normalized spacial score (nSPS) is 21.2. The molecule has 0 radical (unpaired) electrons. The predicted octanol–water partition coefficient (Wildman–Crippen LogP) is 3.44. The molecule has 1 N–H and O–H groups in total. The molecule has 1 fully saturated rings. The van der Waals surface area contributed by atoms with E-state index in [9.17, 15) is 0 Å². The lowest BCUT2D eigenvalue weighted by Crippen LogP contribution is -2.49. The van der Waals surface area contributed by atoms with Crippen LogP contribution in [0.15, 0.2) is 12.1 Å². The van der Waals surface area contributed by atoms with Crippen LogP contribution in [0.5, 0.6) is 0 Å². The Morgan fingerprint density at radius 3 is 2.56 bits per heavy atom. The van der Waals surface area contributed by atoms with E-state index in [1.54, 1.807) is 6.07 Å². The van der Waals surface area contributed by atoms with Crippen LogP contribution < -0.4 is 10.2 Å². The number of anilines is 1. The summed E-state index contributed by atoms with van der Waals surface area (Å²) in [6, 6.07) is 4.00. The van der Waals surface area contributed by atoms with Crippen LogP contribution >= 0.6 is 34.8 Å². The highest BCUT2D eigenvalue weighted by molar-refractivity contribution is 6.44. The van der Waals surface area contributed by atoms with Crippen LogP contribution in [-0.4, -0.2) is 25.7 Å². The van der Waals surface area contributed by atoms with Gasteiger partial charge in [0.25, 0.3) is 0 Å². The van der Waals surface area contributed by atoms with Gasteiger partial charge in [0.1, 0.15) is 0 Å². The minimum atomic E-state index is 0.458. The first kappa shape index (κ1) is 12.3. The molecule has 16 heavy (non-hydrogen) atoms. The predicted molar refractivity (Wildman–Crippen MR) is 71.1 cm³/mol. The van der Waals surface area contributed by atoms with Crippen LogP contribution in [0.3, 0.4) is 0 Å². The Morgan fingerprint density at radius 1 is 1.19 bits per heavy atom. The van der Waals surface area contributed by atoms with Crippen molar-refractivity contribution < 1.29 is 0 Å². The molecule has 0 amide bonds. The van der Waals surface area contributed by atoms with Crippen molar-refractivity contribution in [1.29, 1.82) is 0 Å². The third-order valence-electron chi connectivity index (χ3n) is 2.70. The van der Waals surface area contributed by atoms with Crippen molar-refractivity contribution in [3.8, 4) is 0 Å². The number of benzene rings is 1. The van der Waals surface area contributed by atoms with Gasteiger partial charge in [0.2, 0.25) is 0 Å². The first-order valence-electron chi connectivity index (χ1n) is 5.21. The summed E-state index contributed by atoms with van der Waals surface area (Å²) in [5.41, 5.74) is 0.962. The molecule has 1 aliphatic heterocycles. The topological polar surface area (TPSA) is 15.3 Å². The first-order chi connectivity index (χ1) is 7.58. The average molecular weight is 280 g/mol. The van der Waals surface area contributed by atoms with E-state index < -0.39 is 0 Å². The molecule has 1 aliphatic rings. The van der Waals surface area contributed by atoms with E-state index in [0.717, 1.165) is 25.3 Å². The number of piperazine rings is 1. The fraction of sp³-hybridized carbons (Fsp3) is 0.455. The molecule has 5 heteroatoms. The van der Waals surface area contributed by atoms with Crippen LogP contribution in [0.4, 0.5) is 5.69 Å². The van der Waals surface area contributed by atoms with Gasteiger partial charge in [-0.05, 0) is 19.1 Å². The van der Waals surface area contributed by atoms with Gasteiger partial charge in [0.05, 0.1) is 20.8 Å². The maximum absolute atomic E-state index is 6.18. The Bertz CT molecular complexity index is 395. The van der Waals surface area contributed by atoms with Crippen molar-refractivity contribution in [2.75, 3.05) is 24.5 Å². The van der Waals surface area contributed by atoms with E-state index in [0.29, 0.717) is 21.1 Å². The smallest absolute Gasteiger partial charge is 0.0655 e. The molecule has 0 spiro atoms. The highest BCUT2D eigenvalue weighted by atomic mass is 35.5. The van der Waals surface area contributed by atoms with E-state index >= 15 is 0 Å². The van der Waals surface area contributed by atoms with Crippen LogP contribution in [0.25, 0.3) is 0 Å². The van der Waals surface area contributed by atoms with Crippen molar-refractivity contribution in [1.82, 2.24) is 5.32 Å². The third kappa shape index (κ3) is 2.57. The van der Waals surface area contributed by atoms with Crippen LogP contribution in [0.1, 0.15) is 6.92 Å². The number of halogens is 3. The van der Waals surface area contributed by atoms with E-state index in [1.807, 2.05) is 6.07 Å². The van der Waals surface area contributed by atoms with Gasteiger partial charge in [-0.3, -0.25) is 0 Å². The van der Waals surface area contributed by atoms with Crippen molar-refractivity contribution in [2.45, 2.75) is 13.0 Å². The Kier molecular flexibility index (Phi) is 3.85. The zero-order valence-corrected chi connectivity index (χ0v) is 11.2. The molecule has 1 saturated heterocycles. The molecule has 88 valence electrons. The van der Waals surface area contributed by atoms with Gasteiger partial charge >= 0.3 is 0 Å². The van der Waals surface area contributed by atoms with Crippen LogP contribution in [0, 0.1) is 0 Å². The molecule has 0 saturated carbocycles. The Morgan fingerprint density at radius 2 is 1.88 bits per heavy atom. The minimum absolute atomic E-state index is 0.458. The highest BCUT2D eigenvalue weighted by Gasteiger charge is 2.19. The van der Waals surface area contributed by atoms with Gasteiger partial charge in [-0.2, -0.15) is 0 Å². The van der Waals surface area contributed by atoms with E-state index in [1.165, 1.54) is 0 Å². The second-order valence-corrected chi connectivity index (χ2v) is 5.24. The molecule has 1 atom stereocenters. The highest BCUT2D eigenvalue weighted by Crippen LogP contribution is 2.34. The molecule has 1 heterocycles. The zero-order chi connectivity index (χ0) is 11.7. The molecular weight excluding hydrogens is 266 g/mol. The van der Waals surface area contributed by atoms with Gasteiger partial charge in [0, 0.05) is 25.7 Å². The van der Waals surface area contributed by atoms with Gasteiger partial charge in [-0.25, -0.2) is 0 Å². The molecule has 2 rings (SSSR count). The molecule has 1 unspecified atom stereocenters. The van der Waals surface area contributed by atoms with Crippen molar-refractivity contribution >= 4 is 40.5 Å². The SMILES string of the molecule is CC1CN(c2cc(Cl)c(Cl)cc2Cl)CCN1. The average Bonchev–Trinajstić information content (AvgIpc) is 2.23. The lowest BCUT2D eigenvalue weighted by atomic mass is 10.2. The van der Waals surface area contributed by atoms with Crippen molar-refractivity contribution in [3.05, 3.63) is 27.2 Å². The van der Waals surface area contributed by atoms with Crippen molar-refractivity contribution in [2.24, 2.45) is 0 Å². The number of hydrogen-bond donors (Lipinski definition) is 1. The number of rotatable bonds is 1. The fourth-order valence-electron chi connectivity index (χ4n) is 1.91. The number of nitrogens with zero attached hydrogens (tertiary/aromatic N) is 1. The van der Waals surface area contributed by atoms with Gasteiger partial charge < -0.3 is 10.2 Å². The quantitative estimate of drug-likeness (QED) is 0.792. The zero-order valence-electron chi connectivity index (χ0n) is 8.93. The van der Waals surface area contributed by atoms with Gasteiger partial charge in [0.15, 0.2) is 0 Å². The van der Waals surface area contributed by atoms with Gasteiger partial charge in [-0.1, -0.05) is 34.8 Å². The number of hydrogen-bond acceptors (Lipinski definition) is 2.